The molecule has 94 valence electrons. The van der Waals surface area contributed by atoms with E-state index < -0.39 is 0 Å². The first-order chi connectivity index (χ1) is 9.16. The maximum absolute atomic E-state index is 11.4. The van der Waals surface area contributed by atoms with Crippen LogP contribution in [0.25, 0.3) is 22.4 Å². The minimum absolute atomic E-state index is 0.0514. The van der Waals surface area contributed by atoms with Gasteiger partial charge in [0, 0.05) is 30.6 Å². The number of hydrogen-bond acceptors (Lipinski definition) is 3. The molecule has 2 aromatic heterocycles. The maximum Gasteiger partial charge on any atom is 0.159 e. The van der Waals surface area contributed by atoms with Crippen LogP contribution in [0.3, 0.4) is 0 Å². The first kappa shape index (κ1) is 11.6. The Hall–Kier alpha value is -2.49. The highest BCUT2D eigenvalue weighted by molar-refractivity contribution is 5.97. The highest BCUT2D eigenvalue weighted by Crippen LogP contribution is 2.23. The molecule has 0 aliphatic carbocycles. The van der Waals surface area contributed by atoms with Crippen LogP contribution < -0.4 is 0 Å². The molecule has 4 heteroatoms. The molecule has 0 spiro atoms. The van der Waals surface area contributed by atoms with Gasteiger partial charge in [-0.2, -0.15) is 0 Å². The number of fused-ring (bicyclic) bond motifs is 1. The number of rotatable bonds is 2. The van der Waals surface area contributed by atoms with Crippen LogP contribution in [0.1, 0.15) is 17.3 Å². The summed E-state index contributed by atoms with van der Waals surface area (Å²) in [6, 6.07) is 9.45. The molecule has 0 bridgehead atoms. The summed E-state index contributed by atoms with van der Waals surface area (Å²) in [5.41, 5.74) is 3.48. The Morgan fingerprint density at radius 1 is 1.26 bits per heavy atom. The summed E-state index contributed by atoms with van der Waals surface area (Å²) in [5.74, 6) is 0.902. The monoisotopic (exact) mass is 251 g/mol. The van der Waals surface area contributed by atoms with Gasteiger partial charge in [0.1, 0.15) is 5.82 Å². The van der Waals surface area contributed by atoms with Gasteiger partial charge in [0.15, 0.2) is 5.78 Å². The second kappa shape index (κ2) is 4.31. The Bertz CT molecular complexity index is 760. The first-order valence-corrected chi connectivity index (χ1v) is 6.04. The molecule has 0 N–H and O–H groups in total. The minimum atomic E-state index is 0.0514. The fraction of sp³-hybridized carbons (Fsp3) is 0.133. The van der Waals surface area contributed by atoms with Gasteiger partial charge in [0.2, 0.25) is 0 Å². The second-order valence-electron chi connectivity index (χ2n) is 4.50. The van der Waals surface area contributed by atoms with Gasteiger partial charge < -0.3 is 4.57 Å². The zero-order valence-electron chi connectivity index (χ0n) is 10.8. The van der Waals surface area contributed by atoms with Gasteiger partial charge in [-0.1, -0.05) is 0 Å². The van der Waals surface area contributed by atoms with Crippen molar-refractivity contribution in [2.24, 2.45) is 7.05 Å². The molecular formula is C15H13N3O. The highest BCUT2D eigenvalue weighted by atomic mass is 16.1. The lowest BCUT2D eigenvalue weighted by atomic mass is 10.1. The number of aryl methyl sites for hydroxylation is 1. The molecule has 0 amide bonds. The minimum Gasteiger partial charge on any atom is -0.327 e. The lowest BCUT2D eigenvalue weighted by molar-refractivity contribution is 0.101. The number of hydrogen-bond donors (Lipinski definition) is 0. The molecule has 0 fully saturated rings. The van der Waals surface area contributed by atoms with E-state index in [-0.39, 0.29) is 5.78 Å². The Labute approximate surface area is 110 Å². The molecule has 1 aromatic carbocycles. The molecule has 2 heterocycles. The second-order valence-corrected chi connectivity index (χ2v) is 4.50. The third-order valence-corrected chi connectivity index (χ3v) is 3.21. The molecule has 0 saturated carbocycles. The SMILES string of the molecule is CC(=O)c1ccc2c(c1)nc(-c1cccnc1)n2C. The van der Waals surface area contributed by atoms with E-state index in [4.69, 9.17) is 0 Å². The van der Waals surface area contributed by atoms with Gasteiger partial charge >= 0.3 is 0 Å². The van der Waals surface area contributed by atoms with Crippen LogP contribution in [-0.2, 0) is 7.05 Å². The van der Waals surface area contributed by atoms with E-state index in [1.54, 1.807) is 19.3 Å². The van der Waals surface area contributed by atoms with E-state index in [0.29, 0.717) is 5.56 Å². The Morgan fingerprint density at radius 3 is 2.79 bits per heavy atom. The molecular weight excluding hydrogens is 238 g/mol. The average Bonchev–Trinajstić information content (AvgIpc) is 2.76. The van der Waals surface area contributed by atoms with Crippen LogP contribution in [0, 0.1) is 0 Å². The van der Waals surface area contributed by atoms with Gasteiger partial charge in [-0.15, -0.1) is 0 Å². The number of pyridine rings is 1. The number of aromatic nitrogens is 3. The quantitative estimate of drug-likeness (QED) is 0.658. The van der Waals surface area contributed by atoms with Crippen LogP contribution in [0.5, 0.6) is 0 Å². The third-order valence-electron chi connectivity index (χ3n) is 3.21. The van der Waals surface area contributed by atoms with Gasteiger partial charge in [-0.05, 0) is 37.3 Å². The van der Waals surface area contributed by atoms with Crippen LogP contribution >= 0.6 is 0 Å². The maximum atomic E-state index is 11.4. The molecule has 0 saturated heterocycles. The average molecular weight is 251 g/mol. The van der Waals surface area contributed by atoms with E-state index in [0.717, 1.165) is 22.4 Å². The molecule has 0 unspecified atom stereocenters. The van der Waals surface area contributed by atoms with E-state index in [1.165, 1.54) is 0 Å². The highest BCUT2D eigenvalue weighted by Gasteiger charge is 2.11. The summed E-state index contributed by atoms with van der Waals surface area (Å²) < 4.78 is 2.01. The lowest BCUT2D eigenvalue weighted by Crippen LogP contribution is -1.93. The van der Waals surface area contributed by atoms with Crippen molar-refractivity contribution in [2.45, 2.75) is 6.92 Å². The van der Waals surface area contributed by atoms with Gasteiger partial charge in [-0.3, -0.25) is 9.78 Å². The van der Waals surface area contributed by atoms with Crippen molar-refractivity contribution in [3.05, 3.63) is 48.3 Å². The summed E-state index contributed by atoms with van der Waals surface area (Å²) in [4.78, 5) is 20.1. The number of carbonyl (C=O) groups excluding carboxylic acids is 1. The van der Waals surface area contributed by atoms with Gasteiger partial charge in [0.05, 0.1) is 11.0 Å². The number of benzene rings is 1. The normalized spacial score (nSPS) is 10.8. The van der Waals surface area contributed by atoms with Crippen LogP contribution in [0.4, 0.5) is 0 Å². The summed E-state index contributed by atoms with van der Waals surface area (Å²) in [6.45, 7) is 1.56. The van der Waals surface area contributed by atoms with E-state index in [1.807, 2.05) is 41.9 Å². The predicted molar refractivity (Wildman–Crippen MR) is 73.9 cm³/mol. The lowest BCUT2D eigenvalue weighted by Gasteiger charge is -2.01. The topological polar surface area (TPSA) is 47.8 Å². The molecule has 4 nitrogen and oxygen atoms in total. The number of Topliss-reactive ketones (excluding diaryl/α,β-unsaturated/α-hetero) is 1. The van der Waals surface area contributed by atoms with Gasteiger partial charge in [0.25, 0.3) is 0 Å². The zero-order valence-corrected chi connectivity index (χ0v) is 10.8. The standard InChI is InChI=1S/C15H13N3O/c1-10(19)11-5-6-14-13(8-11)17-15(18(14)2)12-4-3-7-16-9-12/h3-9H,1-2H3. The summed E-state index contributed by atoms with van der Waals surface area (Å²) in [5, 5.41) is 0. The Kier molecular flexibility index (Phi) is 2.63. The van der Waals surface area contributed by atoms with Crippen molar-refractivity contribution in [3.63, 3.8) is 0 Å². The smallest absolute Gasteiger partial charge is 0.159 e. The number of ketones is 1. The fourth-order valence-corrected chi connectivity index (χ4v) is 2.17. The molecule has 0 aliphatic rings. The number of carbonyl (C=O) groups is 1. The van der Waals surface area contributed by atoms with Crippen molar-refractivity contribution in [1.29, 1.82) is 0 Å². The predicted octanol–water partition coefficient (Wildman–Crippen LogP) is 2.84. The van der Waals surface area contributed by atoms with Crippen LogP contribution in [-0.4, -0.2) is 20.3 Å². The van der Waals surface area contributed by atoms with Crippen molar-refractivity contribution in [2.75, 3.05) is 0 Å². The first-order valence-electron chi connectivity index (χ1n) is 6.04. The van der Waals surface area contributed by atoms with Crippen molar-refractivity contribution in [3.8, 4) is 11.4 Å². The third kappa shape index (κ3) is 1.91. The van der Waals surface area contributed by atoms with E-state index >= 15 is 0 Å². The van der Waals surface area contributed by atoms with E-state index in [2.05, 4.69) is 9.97 Å². The van der Waals surface area contributed by atoms with Crippen molar-refractivity contribution in [1.82, 2.24) is 14.5 Å². The molecule has 3 rings (SSSR count). The molecule has 3 aromatic rings. The summed E-state index contributed by atoms with van der Waals surface area (Å²) in [6.07, 6.45) is 3.52. The van der Waals surface area contributed by atoms with Crippen molar-refractivity contribution < 1.29 is 4.79 Å². The zero-order chi connectivity index (χ0) is 13.4. The Balaban J connectivity index is 2.23. The molecule has 0 radical (unpaired) electrons. The summed E-state index contributed by atoms with van der Waals surface area (Å²) in [7, 11) is 1.96. The number of nitrogens with zero attached hydrogens (tertiary/aromatic N) is 3. The van der Waals surface area contributed by atoms with E-state index in [9.17, 15) is 4.79 Å². The molecule has 19 heavy (non-hydrogen) atoms. The van der Waals surface area contributed by atoms with Crippen LogP contribution in [0.15, 0.2) is 42.7 Å². The summed E-state index contributed by atoms with van der Waals surface area (Å²) >= 11 is 0. The van der Waals surface area contributed by atoms with Crippen molar-refractivity contribution >= 4 is 16.8 Å². The van der Waals surface area contributed by atoms with Gasteiger partial charge in [-0.25, -0.2) is 4.98 Å². The fourth-order valence-electron chi connectivity index (χ4n) is 2.17. The van der Waals surface area contributed by atoms with Crippen LogP contribution in [0.2, 0.25) is 0 Å². The molecule has 0 atom stereocenters. The largest absolute Gasteiger partial charge is 0.327 e. The molecule has 0 aliphatic heterocycles. The Morgan fingerprint density at radius 2 is 2.11 bits per heavy atom. The number of imidazole rings is 1.